The van der Waals surface area contributed by atoms with Gasteiger partial charge in [-0.05, 0) is 35.7 Å². The van der Waals surface area contributed by atoms with Crippen LogP contribution in [0, 0.1) is 0 Å². The van der Waals surface area contributed by atoms with Gasteiger partial charge in [-0.15, -0.1) is 24.0 Å². The molecular formula is C27H33IN4O. The molecule has 0 fully saturated rings. The van der Waals surface area contributed by atoms with Crippen LogP contribution < -0.4 is 10.6 Å². The zero-order chi connectivity index (χ0) is 22.8. The van der Waals surface area contributed by atoms with E-state index in [1.54, 1.807) is 19.0 Å². The number of guanidine groups is 1. The smallest absolute Gasteiger partial charge is 0.253 e. The number of amides is 1. The van der Waals surface area contributed by atoms with E-state index in [0.29, 0.717) is 12.1 Å². The van der Waals surface area contributed by atoms with E-state index in [9.17, 15) is 4.79 Å². The number of carbonyl (C=O) groups excluding carboxylic acids is 1. The van der Waals surface area contributed by atoms with Crippen molar-refractivity contribution in [3.05, 3.63) is 107 Å². The number of nitrogens with zero attached hydrogens (tertiary/aromatic N) is 2. The van der Waals surface area contributed by atoms with Crippen LogP contribution in [-0.4, -0.2) is 44.0 Å². The summed E-state index contributed by atoms with van der Waals surface area (Å²) in [7, 11) is 3.51. The number of hydrogen-bond donors (Lipinski definition) is 2. The Morgan fingerprint density at radius 2 is 1.39 bits per heavy atom. The Kier molecular flexibility index (Phi) is 10.9. The topological polar surface area (TPSA) is 56.7 Å². The van der Waals surface area contributed by atoms with Crippen LogP contribution >= 0.6 is 24.0 Å². The molecule has 0 aliphatic rings. The van der Waals surface area contributed by atoms with Crippen molar-refractivity contribution in [2.75, 3.05) is 27.2 Å². The van der Waals surface area contributed by atoms with Crippen molar-refractivity contribution in [2.24, 2.45) is 4.99 Å². The highest BCUT2D eigenvalue weighted by Crippen LogP contribution is 2.23. The van der Waals surface area contributed by atoms with E-state index in [1.807, 2.05) is 36.4 Å². The molecule has 3 rings (SSSR count). The maximum Gasteiger partial charge on any atom is 0.253 e. The molecule has 5 nitrogen and oxygen atoms in total. The fourth-order valence-electron chi connectivity index (χ4n) is 3.52. The Morgan fingerprint density at radius 1 is 0.848 bits per heavy atom. The molecule has 3 aromatic carbocycles. The maximum absolute atomic E-state index is 12.1. The number of nitrogens with one attached hydrogen (secondary N) is 2. The van der Waals surface area contributed by atoms with Gasteiger partial charge in [0.15, 0.2) is 5.96 Å². The highest BCUT2D eigenvalue weighted by atomic mass is 127. The number of aliphatic imine (C=N–C) groups is 1. The quantitative estimate of drug-likeness (QED) is 0.236. The van der Waals surface area contributed by atoms with Crippen LogP contribution in [0.15, 0.2) is 89.9 Å². The highest BCUT2D eigenvalue weighted by molar-refractivity contribution is 14.0. The van der Waals surface area contributed by atoms with Gasteiger partial charge in [-0.25, -0.2) is 4.99 Å². The Morgan fingerprint density at radius 3 is 1.88 bits per heavy atom. The Hall–Kier alpha value is -2.87. The first-order valence-electron chi connectivity index (χ1n) is 11.0. The average Bonchev–Trinajstić information content (AvgIpc) is 2.83. The minimum absolute atomic E-state index is 0. The summed E-state index contributed by atoms with van der Waals surface area (Å²) in [5.74, 6) is 0.998. The SMILES string of the molecule is CCNC(=NCc1ccc(C(=O)N(C)C)cc1)NCC(c1ccccc1)c1ccccc1.I. The predicted octanol–water partition coefficient (Wildman–Crippen LogP) is 4.89. The van der Waals surface area contributed by atoms with E-state index in [1.165, 1.54) is 11.1 Å². The average molecular weight is 556 g/mol. The molecule has 0 unspecified atom stereocenters. The lowest BCUT2D eigenvalue weighted by molar-refractivity contribution is 0.0827. The first kappa shape index (κ1) is 26.4. The van der Waals surface area contributed by atoms with Gasteiger partial charge in [-0.3, -0.25) is 4.79 Å². The molecule has 1 amide bonds. The number of benzene rings is 3. The minimum Gasteiger partial charge on any atom is -0.357 e. The van der Waals surface area contributed by atoms with Gasteiger partial charge in [0.05, 0.1) is 6.54 Å². The standard InChI is InChI=1S/C27H32N4O.HI/c1-4-28-27(29-19-21-15-17-24(18-16-21)26(32)31(2)3)30-20-25(22-11-7-5-8-12-22)23-13-9-6-10-14-23;/h5-18,25H,4,19-20H2,1-3H3,(H2,28,29,30);1H. The molecule has 174 valence electrons. The third-order valence-corrected chi connectivity index (χ3v) is 5.25. The van der Waals surface area contributed by atoms with Crippen LogP contribution in [0.2, 0.25) is 0 Å². The maximum atomic E-state index is 12.1. The van der Waals surface area contributed by atoms with E-state index in [-0.39, 0.29) is 35.8 Å². The first-order valence-corrected chi connectivity index (χ1v) is 11.0. The summed E-state index contributed by atoms with van der Waals surface area (Å²) in [5.41, 5.74) is 4.27. The molecule has 0 bridgehead atoms. The van der Waals surface area contributed by atoms with Crippen LogP contribution in [0.5, 0.6) is 0 Å². The lowest BCUT2D eigenvalue weighted by Gasteiger charge is -2.20. The highest BCUT2D eigenvalue weighted by Gasteiger charge is 2.14. The summed E-state index contributed by atoms with van der Waals surface area (Å²) in [6.45, 7) is 4.11. The molecule has 3 aromatic rings. The number of halogens is 1. The van der Waals surface area contributed by atoms with E-state index in [0.717, 1.165) is 24.6 Å². The Bertz CT molecular complexity index is 966. The van der Waals surface area contributed by atoms with Crippen molar-refractivity contribution in [1.29, 1.82) is 0 Å². The largest absolute Gasteiger partial charge is 0.357 e. The predicted molar refractivity (Wildman–Crippen MR) is 147 cm³/mol. The van der Waals surface area contributed by atoms with E-state index < -0.39 is 0 Å². The molecule has 0 aliphatic carbocycles. The summed E-state index contributed by atoms with van der Waals surface area (Å²) in [5, 5.41) is 6.84. The van der Waals surface area contributed by atoms with Crippen molar-refractivity contribution in [3.63, 3.8) is 0 Å². The number of hydrogen-bond acceptors (Lipinski definition) is 2. The molecule has 0 radical (unpaired) electrons. The molecule has 0 atom stereocenters. The summed E-state index contributed by atoms with van der Waals surface area (Å²) in [6, 6.07) is 28.7. The van der Waals surface area contributed by atoms with Crippen LogP contribution in [-0.2, 0) is 6.54 Å². The molecule has 2 N–H and O–H groups in total. The van der Waals surface area contributed by atoms with Crippen LogP contribution in [0.25, 0.3) is 0 Å². The van der Waals surface area contributed by atoms with Crippen molar-refractivity contribution in [3.8, 4) is 0 Å². The molecule has 0 aliphatic heterocycles. The molecule has 33 heavy (non-hydrogen) atoms. The van der Waals surface area contributed by atoms with Gasteiger partial charge >= 0.3 is 0 Å². The molecular weight excluding hydrogens is 523 g/mol. The van der Waals surface area contributed by atoms with Crippen LogP contribution in [0.4, 0.5) is 0 Å². The molecule has 0 saturated carbocycles. The second-order valence-electron chi connectivity index (χ2n) is 7.85. The van der Waals surface area contributed by atoms with Gasteiger partial charge in [0.1, 0.15) is 0 Å². The number of rotatable bonds is 8. The monoisotopic (exact) mass is 556 g/mol. The Labute approximate surface area is 214 Å². The van der Waals surface area contributed by atoms with Crippen molar-refractivity contribution in [2.45, 2.75) is 19.4 Å². The third kappa shape index (κ3) is 7.89. The van der Waals surface area contributed by atoms with Crippen molar-refractivity contribution >= 4 is 35.8 Å². The summed E-state index contributed by atoms with van der Waals surface area (Å²) >= 11 is 0. The van der Waals surface area contributed by atoms with Crippen molar-refractivity contribution < 1.29 is 4.79 Å². The third-order valence-electron chi connectivity index (χ3n) is 5.25. The van der Waals surface area contributed by atoms with Gasteiger partial charge < -0.3 is 15.5 Å². The summed E-state index contributed by atoms with van der Waals surface area (Å²) in [6.07, 6.45) is 0. The molecule has 0 heterocycles. The summed E-state index contributed by atoms with van der Waals surface area (Å²) < 4.78 is 0. The summed E-state index contributed by atoms with van der Waals surface area (Å²) in [4.78, 5) is 18.4. The van der Waals surface area contributed by atoms with Crippen LogP contribution in [0.1, 0.15) is 39.9 Å². The fourth-order valence-corrected chi connectivity index (χ4v) is 3.52. The van der Waals surface area contributed by atoms with Gasteiger partial charge in [-0.2, -0.15) is 0 Å². The fraction of sp³-hybridized carbons (Fsp3) is 0.259. The lowest BCUT2D eigenvalue weighted by atomic mass is 9.91. The van der Waals surface area contributed by atoms with E-state index in [4.69, 9.17) is 4.99 Å². The Balaban J connectivity index is 0.00000385. The first-order chi connectivity index (χ1) is 15.6. The van der Waals surface area contributed by atoms with E-state index >= 15 is 0 Å². The molecule has 0 aromatic heterocycles. The second-order valence-corrected chi connectivity index (χ2v) is 7.85. The minimum atomic E-state index is 0. The van der Waals surface area contributed by atoms with Gasteiger partial charge in [0.2, 0.25) is 0 Å². The molecule has 6 heteroatoms. The lowest BCUT2D eigenvalue weighted by Crippen LogP contribution is -2.39. The van der Waals surface area contributed by atoms with Crippen LogP contribution in [0.3, 0.4) is 0 Å². The van der Waals surface area contributed by atoms with Gasteiger partial charge in [0.25, 0.3) is 5.91 Å². The number of carbonyl (C=O) groups is 1. The zero-order valence-corrected chi connectivity index (χ0v) is 21.8. The normalized spacial score (nSPS) is 11.0. The molecule has 0 saturated heterocycles. The van der Waals surface area contributed by atoms with E-state index in [2.05, 4.69) is 66.1 Å². The zero-order valence-electron chi connectivity index (χ0n) is 19.5. The van der Waals surface area contributed by atoms with Gasteiger partial charge in [0, 0.05) is 38.7 Å². The second kappa shape index (κ2) is 13.6. The van der Waals surface area contributed by atoms with Gasteiger partial charge in [-0.1, -0.05) is 72.8 Å². The van der Waals surface area contributed by atoms with Crippen molar-refractivity contribution in [1.82, 2.24) is 15.5 Å². The molecule has 0 spiro atoms.